The minimum absolute atomic E-state index is 0.00130. The predicted octanol–water partition coefficient (Wildman–Crippen LogP) is 1.58. The van der Waals surface area contributed by atoms with Crippen LogP contribution in [0.5, 0.6) is 0 Å². The minimum Gasteiger partial charge on any atom is -0.462 e. The van der Waals surface area contributed by atoms with Gasteiger partial charge in [0.1, 0.15) is 12.7 Å². The predicted molar refractivity (Wildman–Crippen MR) is 107 cm³/mol. The van der Waals surface area contributed by atoms with Crippen LogP contribution in [-0.2, 0) is 52.4 Å². The highest BCUT2D eigenvalue weighted by atomic mass is 16.8. The van der Waals surface area contributed by atoms with Crippen molar-refractivity contribution >= 4 is 29.8 Å². The Balaban J connectivity index is 3.31. The normalized spacial score (nSPS) is 23.0. The second kappa shape index (κ2) is 13.7. The van der Waals surface area contributed by atoms with Crippen LogP contribution in [0.4, 0.5) is 0 Å². The first-order valence-corrected chi connectivity index (χ1v) is 10.8. The first-order valence-electron chi connectivity index (χ1n) is 10.8. The zero-order valence-electron chi connectivity index (χ0n) is 19.1. The zero-order chi connectivity index (χ0) is 24.3. The van der Waals surface area contributed by atoms with Gasteiger partial charge in [-0.2, -0.15) is 0 Å². The van der Waals surface area contributed by atoms with E-state index in [2.05, 4.69) is 0 Å². The first-order chi connectivity index (χ1) is 15.2. The van der Waals surface area contributed by atoms with Crippen molar-refractivity contribution in [2.75, 3.05) is 6.61 Å². The van der Waals surface area contributed by atoms with E-state index in [0.717, 1.165) is 0 Å². The molecule has 11 heteroatoms. The molecule has 0 aliphatic carbocycles. The molecule has 0 aromatic carbocycles. The van der Waals surface area contributed by atoms with Crippen LogP contribution in [0.2, 0.25) is 0 Å². The molecule has 0 radical (unpaired) electrons. The van der Waals surface area contributed by atoms with E-state index in [9.17, 15) is 24.0 Å². The number of carbonyl (C=O) groups excluding carboxylic acids is 5. The van der Waals surface area contributed by atoms with Gasteiger partial charge in [-0.1, -0.05) is 34.6 Å². The molecule has 1 aliphatic heterocycles. The molecule has 0 spiro atoms. The molecule has 0 N–H and O–H groups in total. The molecule has 5 atom stereocenters. The molecule has 1 saturated heterocycles. The topological polar surface area (TPSA) is 141 Å². The number of hydrogen-bond acceptors (Lipinski definition) is 11. The van der Waals surface area contributed by atoms with E-state index in [4.69, 9.17) is 28.4 Å². The van der Waals surface area contributed by atoms with Crippen LogP contribution < -0.4 is 0 Å². The molecule has 0 bridgehead atoms. The third-order valence-electron chi connectivity index (χ3n) is 4.49. The summed E-state index contributed by atoms with van der Waals surface area (Å²) in [7, 11) is 0. The standard InChI is InChI=1S/C21H32O11/c1-6-13(22)27-11-12(28-14(23)7-2)18-19(29-15(24)8-3)20(30-16(25)9-4)21(32-18)31-17(26)10-5/h12,18-21H,6-11H2,1-5H3/t12?,18-,19+,20-,21-/m1/s1. The summed E-state index contributed by atoms with van der Waals surface area (Å²) in [5.41, 5.74) is 0. The first kappa shape index (κ1) is 27.3. The monoisotopic (exact) mass is 460 g/mol. The van der Waals surface area contributed by atoms with Crippen LogP contribution in [0.3, 0.4) is 0 Å². The van der Waals surface area contributed by atoms with Gasteiger partial charge in [0, 0.05) is 32.1 Å². The van der Waals surface area contributed by atoms with Crippen molar-refractivity contribution in [2.24, 2.45) is 0 Å². The molecule has 11 nitrogen and oxygen atoms in total. The van der Waals surface area contributed by atoms with Crippen molar-refractivity contribution in [3.63, 3.8) is 0 Å². The molecule has 1 rings (SSSR count). The molecule has 1 heterocycles. The lowest BCUT2D eigenvalue weighted by atomic mass is 10.1. The summed E-state index contributed by atoms with van der Waals surface area (Å²) in [4.78, 5) is 59.7. The van der Waals surface area contributed by atoms with Gasteiger partial charge in [0.25, 0.3) is 0 Å². The molecule has 32 heavy (non-hydrogen) atoms. The Morgan fingerprint density at radius 2 is 1.12 bits per heavy atom. The van der Waals surface area contributed by atoms with Gasteiger partial charge in [0.05, 0.1) is 0 Å². The summed E-state index contributed by atoms with van der Waals surface area (Å²) in [5.74, 6) is -3.11. The molecular formula is C21H32O11. The largest absolute Gasteiger partial charge is 0.462 e. The van der Waals surface area contributed by atoms with Gasteiger partial charge in [-0.05, 0) is 0 Å². The highest BCUT2D eigenvalue weighted by molar-refractivity contribution is 5.72. The summed E-state index contributed by atoms with van der Waals surface area (Å²) < 4.78 is 32.3. The highest BCUT2D eigenvalue weighted by Gasteiger charge is 2.55. The minimum atomic E-state index is -1.41. The van der Waals surface area contributed by atoms with Gasteiger partial charge in [-0.25, -0.2) is 0 Å². The van der Waals surface area contributed by atoms with Crippen molar-refractivity contribution < 1.29 is 52.4 Å². The highest BCUT2D eigenvalue weighted by Crippen LogP contribution is 2.32. The lowest BCUT2D eigenvalue weighted by molar-refractivity contribution is -0.205. The van der Waals surface area contributed by atoms with E-state index in [-0.39, 0.29) is 32.1 Å². The van der Waals surface area contributed by atoms with E-state index in [1.807, 2.05) is 0 Å². The van der Waals surface area contributed by atoms with E-state index in [1.165, 1.54) is 0 Å². The number of ether oxygens (including phenoxy) is 6. The van der Waals surface area contributed by atoms with Crippen molar-refractivity contribution in [3.8, 4) is 0 Å². The maximum atomic E-state index is 12.1. The molecular weight excluding hydrogens is 428 g/mol. The molecule has 0 amide bonds. The maximum Gasteiger partial charge on any atom is 0.307 e. The number of carbonyl (C=O) groups is 5. The second-order valence-corrected chi connectivity index (χ2v) is 6.85. The number of rotatable bonds is 12. The van der Waals surface area contributed by atoms with Crippen LogP contribution in [0.1, 0.15) is 66.7 Å². The maximum absolute atomic E-state index is 12.1. The average molecular weight is 460 g/mol. The van der Waals surface area contributed by atoms with Crippen molar-refractivity contribution in [1.82, 2.24) is 0 Å². The summed E-state index contributed by atoms with van der Waals surface area (Å²) in [6.07, 6.45) is -6.30. The van der Waals surface area contributed by atoms with E-state index in [0.29, 0.717) is 0 Å². The fourth-order valence-corrected chi connectivity index (χ4v) is 2.71. The third kappa shape index (κ3) is 8.10. The van der Waals surface area contributed by atoms with Crippen LogP contribution in [0.25, 0.3) is 0 Å². The SMILES string of the molecule is CCC(=O)OCC(OC(=O)CC)[C@H]1O[C@@H](OC(=O)CC)[C@H](OC(=O)CC)[C@H]1OC(=O)CC. The summed E-state index contributed by atoms with van der Waals surface area (Å²) in [6.45, 7) is 7.45. The van der Waals surface area contributed by atoms with Crippen molar-refractivity contribution in [2.45, 2.75) is 97.4 Å². The molecule has 0 saturated carbocycles. The van der Waals surface area contributed by atoms with E-state index in [1.54, 1.807) is 34.6 Å². The summed E-state index contributed by atoms with van der Waals surface area (Å²) in [5, 5.41) is 0. The Hall–Kier alpha value is -2.69. The van der Waals surface area contributed by atoms with Gasteiger partial charge >= 0.3 is 29.8 Å². The smallest absolute Gasteiger partial charge is 0.307 e. The van der Waals surface area contributed by atoms with E-state index >= 15 is 0 Å². The molecule has 1 unspecified atom stereocenters. The Kier molecular flexibility index (Phi) is 11.7. The fraction of sp³-hybridized carbons (Fsp3) is 0.762. The van der Waals surface area contributed by atoms with Gasteiger partial charge < -0.3 is 28.4 Å². The molecule has 182 valence electrons. The van der Waals surface area contributed by atoms with Gasteiger partial charge in [0.2, 0.25) is 12.4 Å². The molecule has 0 aromatic rings. The van der Waals surface area contributed by atoms with Gasteiger partial charge in [0.15, 0.2) is 12.2 Å². The van der Waals surface area contributed by atoms with E-state index < -0.39 is 67.2 Å². The van der Waals surface area contributed by atoms with Crippen LogP contribution >= 0.6 is 0 Å². The average Bonchev–Trinajstić information content (AvgIpc) is 3.11. The molecule has 1 fully saturated rings. The van der Waals surface area contributed by atoms with Gasteiger partial charge in [-0.3, -0.25) is 24.0 Å². The summed E-state index contributed by atoms with van der Waals surface area (Å²) >= 11 is 0. The van der Waals surface area contributed by atoms with Crippen LogP contribution in [-0.4, -0.2) is 67.2 Å². The second-order valence-electron chi connectivity index (χ2n) is 6.85. The molecule has 1 aliphatic rings. The third-order valence-corrected chi connectivity index (χ3v) is 4.49. The van der Waals surface area contributed by atoms with Gasteiger partial charge in [-0.15, -0.1) is 0 Å². The zero-order valence-corrected chi connectivity index (χ0v) is 19.1. The Bertz CT molecular complexity index is 675. The van der Waals surface area contributed by atoms with Crippen molar-refractivity contribution in [1.29, 1.82) is 0 Å². The van der Waals surface area contributed by atoms with Crippen LogP contribution in [0, 0.1) is 0 Å². The Labute approximate surface area is 187 Å². The lowest BCUT2D eigenvalue weighted by Gasteiger charge is -2.28. The fourth-order valence-electron chi connectivity index (χ4n) is 2.71. The summed E-state index contributed by atoms with van der Waals surface area (Å²) in [6, 6.07) is 0. The Morgan fingerprint density at radius 3 is 1.62 bits per heavy atom. The lowest BCUT2D eigenvalue weighted by Crippen LogP contribution is -2.47. The Morgan fingerprint density at radius 1 is 0.656 bits per heavy atom. The number of esters is 5. The van der Waals surface area contributed by atoms with Crippen molar-refractivity contribution in [3.05, 3.63) is 0 Å². The quantitative estimate of drug-likeness (QED) is 0.309. The number of hydrogen-bond donors (Lipinski definition) is 0. The van der Waals surface area contributed by atoms with Crippen LogP contribution in [0.15, 0.2) is 0 Å². The molecule has 0 aromatic heterocycles.